The maximum atomic E-state index is 13.4. The van der Waals surface area contributed by atoms with Crippen molar-refractivity contribution in [1.29, 1.82) is 0 Å². The maximum Gasteiger partial charge on any atom is 0.196 e. The number of carbonyl (C=O) groups excluding carboxylic acids is 1. The standard InChI is InChI=1S/C25H24N2O3/c28-25-21-17-19(30-16-13-27-11-14-29-15-12-27)8-9-20(21)23(18-5-2-1-3-6-18)24(25)22-7-4-10-26-22/h1-10,17,26H,11-16H2. The number of H-pyrrole nitrogens is 1. The quantitative estimate of drug-likeness (QED) is 0.682. The number of morpholine rings is 1. The Kier molecular flexibility index (Phi) is 5.22. The van der Waals surface area contributed by atoms with Gasteiger partial charge >= 0.3 is 0 Å². The minimum absolute atomic E-state index is 0.0323. The number of carbonyl (C=O) groups is 1. The van der Waals surface area contributed by atoms with E-state index in [1.165, 1.54) is 0 Å². The molecule has 0 bridgehead atoms. The lowest BCUT2D eigenvalue weighted by Crippen LogP contribution is -2.38. The molecule has 2 heterocycles. The van der Waals surface area contributed by atoms with Gasteiger partial charge < -0.3 is 14.5 Å². The minimum atomic E-state index is 0.0323. The van der Waals surface area contributed by atoms with E-state index in [2.05, 4.69) is 9.88 Å². The molecule has 152 valence electrons. The SMILES string of the molecule is O=C1C(c2ccc[nH]2)=C(c2ccccc2)c2ccc(OCCN3CCOCC3)cc21. The first-order valence-electron chi connectivity index (χ1n) is 10.4. The molecule has 30 heavy (non-hydrogen) atoms. The number of allylic oxidation sites excluding steroid dienone is 1. The van der Waals surface area contributed by atoms with Gasteiger partial charge in [0, 0.05) is 42.7 Å². The summed E-state index contributed by atoms with van der Waals surface area (Å²) in [6, 6.07) is 19.8. The number of benzene rings is 2. The number of hydrogen-bond acceptors (Lipinski definition) is 4. The number of ether oxygens (including phenoxy) is 2. The monoisotopic (exact) mass is 400 g/mol. The summed E-state index contributed by atoms with van der Waals surface area (Å²) in [4.78, 5) is 18.9. The normalized spacial score (nSPS) is 16.7. The van der Waals surface area contributed by atoms with E-state index in [-0.39, 0.29) is 5.78 Å². The number of ketones is 1. The number of hydrogen-bond donors (Lipinski definition) is 1. The third kappa shape index (κ3) is 3.58. The summed E-state index contributed by atoms with van der Waals surface area (Å²) in [5.74, 6) is 0.764. The molecule has 0 unspecified atom stereocenters. The van der Waals surface area contributed by atoms with Gasteiger partial charge in [-0.05, 0) is 41.5 Å². The lowest BCUT2D eigenvalue weighted by atomic mass is 9.96. The third-order valence-electron chi connectivity index (χ3n) is 5.69. The van der Waals surface area contributed by atoms with Crippen LogP contribution in [0.3, 0.4) is 0 Å². The summed E-state index contributed by atoms with van der Waals surface area (Å²) in [6.45, 7) is 4.89. The van der Waals surface area contributed by atoms with E-state index in [1.54, 1.807) is 0 Å². The van der Waals surface area contributed by atoms with Gasteiger partial charge in [-0.25, -0.2) is 0 Å². The molecule has 1 fully saturated rings. The van der Waals surface area contributed by atoms with E-state index in [1.807, 2.05) is 66.9 Å². The first-order valence-corrected chi connectivity index (χ1v) is 10.4. The Hall–Kier alpha value is -3.15. The molecule has 0 amide bonds. The highest BCUT2D eigenvalue weighted by atomic mass is 16.5. The van der Waals surface area contributed by atoms with E-state index in [0.29, 0.717) is 17.7 Å². The summed E-state index contributed by atoms with van der Waals surface area (Å²) >= 11 is 0. The molecule has 5 heteroatoms. The molecular formula is C25H24N2O3. The number of Topliss-reactive ketones (excluding diaryl/α,β-unsaturated/α-hetero) is 1. The zero-order valence-electron chi connectivity index (χ0n) is 16.8. The number of fused-ring (bicyclic) bond motifs is 1. The van der Waals surface area contributed by atoms with Gasteiger partial charge in [0.25, 0.3) is 0 Å². The fourth-order valence-corrected chi connectivity index (χ4v) is 4.17. The van der Waals surface area contributed by atoms with Crippen molar-refractivity contribution in [3.8, 4) is 5.75 Å². The van der Waals surface area contributed by atoms with E-state index < -0.39 is 0 Å². The average molecular weight is 400 g/mol. The first kappa shape index (κ1) is 18.9. The topological polar surface area (TPSA) is 54.6 Å². The van der Waals surface area contributed by atoms with Crippen molar-refractivity contribution in [3.05, 3.63) is 89.2 Å². The van der Waals surface area contributed by atoms with Crippen LogP contribution in [0, 0.1) is 0 Å². The molecule has 1 aliphatic carbocycles. The van der Waals surface area contributed by atoms with Crippen molar-refractivity contribution in [1.82, 2.24) is 9.88 Å². The highest BCUT2D eigenvalue weighted by molar-refractivity contribution is 6.41. The summed E-state index contributed by atoms with van der Waals surface area (Å²) in [5.41, 5.74) is 5.21. The Labute approximate surface area is 175 Å². The Morgan fingerprint density at radius 1 is 0.933 bits per heavy atom. The van der Waals surface area contributed by atoms with Crippen molar-refractivity contribution in [2.24, 2.45) is 0 Å². The second kappa shape index (κ2) is 8.30. The molecule has 0 atom stereocenters. The number of nitrogens with one attached hydrogen (secondary N) is 1. The van der Waals surface area contributed by atoms with Gasteiger partial charge in [0.2, 0.25) is 0 Å². The lowest BCUT2D eigenvalue weighted by Gasteiger charge is -2.26. The van der Waals surface area contributed by atoms with E-state index in [0.717, 1.165) is 61.0 Å². The molecule has 0 saturated carbocycles. The molecule has 2 aliphatic rings. The van der Waals surface area contributed by atoms with Crippen molar-refractivity contribution in [2.75, 3.05) is 39.5 Å². The summed E-state index contributed by atoms with van der Waals surface area (Å²) in [5, 5.41) is 0. The van der Waals surface area contributed by atoms with Crippen molar-refractivity contribution in [3.63, 3.8) is 0 Å². The largest absolute Gasteiger partial charge is 0.492 e. The average Bonchev–Trinajstić information content (AvgIpc) is 3.42. The lowest BCUT2D eigenvalue weighted by molar-refractivity contribution is 0.0322. The second-order valence-electron chi connectivity index (χ2n) is 7.54. The molecular weight excluding hydrogens is 376 g/mol. The highest BCUT2D eigenvalue weighted by Gasteiger charge is 2.32. The Bertz CT molecular complexity index is 1070. The van der Waals surface area contributed by atoms with Crippen LogP contribution >= 0.6 is 0 Å². The summed E-state index contributed by atoms with van der Waals surface area (Å²) in [6.07, 6.45) is 1.85. The fraction of sp³-hybridized carbons (Fsp3) is 0.240. The minimum Gasteiger partial charge on any atom is -0.492 e. The smallest absolute Gasteiger partial charge is 0.196 e. The van der Waals surface area contributed by atoms with Gasteiger partial charge in [0.1, 0.15) is 12.4 Å². The maximum absolute atomic E-state index is 13.4. The fourth-order valence-electron chi connectivity index (χ4n) is 4.17. The molecule has 2 aromatic carbocycles. The van der Waals surface area contributed by atoms with Crippen LogP contribution in [-0.4, -0.2) is 55.1 Å². The Balaban J connectivity index is 1.42. The predicted molar refractivity (Wildman–Crippen MR) is 117 cm³/mol. The Morgan fingerprint density at radius 2 is 1.77 bits per heavy atom. The van der Waals surface area contributed by atoms with Gasteiger partial charge in [0.05, 0.1) is 18.8 Å². The molecule has 1 aromatic heterocycles. The molecule has 0 spiro atoms. The third-order valence-corrected chi connectivity index (χ3v) is 5.69. The molecule has 1 saturated heterocycles. The molecule has 5 rings (SSSR count). The van der Waals surface area contributed by atoms with Crippen LogP contribution in [0.1, 0.15) is 27.2 Å². The zero-order chi connectivity index (χ0) is 20.3. The van der Waals surface area contributed by atoms with Crippen LogP contribution < -0.4 is 4.74 Å². The van der Waals surface area contributed by atoms with Crippen LogP contribution in [0.15, 0.2) is 66.9 Å². The number of nitrogens with zero attached hydrogens (tertiary/aromatic N) is 1. The van der Waals surface area contributed by atoms with Crippen molar-refractivity contribution < 1.29 is 14.3 Å². The molecule has 0 radical (unpaired) electrons. The van der Waals surface area contributed by atoms with Crippen LogP contribution in [0.2, 0.25) is 0 Å². The van der Waals surface area contributed by atoms with Gasteiger partial charge in [-0.2, -0.15) is 0 Å². The first-order chi connectivity index (χ1) is 14.8. The van der Waals surface area contributed by atoms with Gasteiger partial charge in [0.15, 0.2) is 5.78 Å². The molecule has 1 aliphatic heterocycles. The van der Waals surface area contributed by atoms with E-state index in [4.69, 9.17) is 9.47 Å². The van der Waals surface area contributed by atoms with E-state index in [9.17, 15) is 4.79 Å². The van der Waals surface area contributed by atoms with Crippen LogP contribution in [0.25, 0.3) is 11.1 Å². The Morgan fingerprint density at radius 3 is 2.53 bits per heavy atom. The van der Waals surface area contributed by atoms with E-state index >= 15 is 0 Å². The molecule has 3 aromatic rings. The molecule has 1 N–H and O–H groups in total. The summed E-state index contributed by atoms with van der Waals surface area (Å²) in [7, 11) is 0. The van der Waals surface area contributed by atoms with Crippen LogP contribution in [0.5, 0.6) is 5.75 Å². The van der Waals surface area contributed by atoms with Gasteiger partial charge in [-0.1, -0.05) is 30.3 Å². The summed E-state index contributed by atoms with van der Waals surface area (Å²) < 4.78 is 11.4. The van der Waals surface area contributed by atoms with Crippen LogP contribution in [0.4, 0.5) is 0 Å². The number of rotatable bonds is 6. The predicted octanol–water partition coefficient (Wildman–Crippen LogP) is 3.88. The van der Waals surface area contributed by atoms with Crippen molar-refractivity contribution in [2.45, 2.75) is 0 Å². The highest BCUT2D eigenvalue weighted by Crippen LogP contribution is 2.42. The zero-order valence-corrected chi connectivity index (χ0v) is 16.8. The molecule has 5 nitrogen and oxygen atoms in total. The van der Waals surface area contributed by atoms with Gasteiger partial charge in [-0.15, -0.1) is 0 Å². The van der Waals surface area contributed by atoms with Gasteiger partial charge in [-0.3, -0.25) is 9.69 Å². The number of aromatic amines is 1. The second-order valence-corrected chi connectivity index (χ2v) is 7.54. The van der Waals surface area contributed by atoms with Crippen molar-refractivity contribution >= 4 is 16.9 Å². The van der Waals surface area contributed by atoms with Crippen LogP contribution in [-0.2, 0) is 4.74 Å². The number of aromatic nitrogens is 1.